The first kappa shape index (κ1) is 11.6. The van der Waals surface area contributed by atoms with Crippen LogP contribution in [0.25, 0.3) is 22.8 Å². The maximum absolute atomic E-state index is 12.9. The third-order valence-electron chi connectivity index (χ3n) is 2.73. The second-order valence-electron chi connectivity index (χ2n) is 4.04. The Labute approximate surface area is 108 Å². The Hall–Kier alpha value is -2.50. The first-order valence-electron chi connectivity index (χ1n) is 5.90. The molecule has 0 bridgehead atoms. The van der Waals surface area contributed by atoms with Gasteiger partial charge in [-0.3, -0.25) is 5.10 Å². The third kappa shape index (κ3) is 2.24. The molecule has 0 aliphatic heterocycles. The molecule has 2 heterocycles. The molecule has 0 unspecified atom stereocenters. The zero-order chi connectivity index (χ0) is 13.2. The van der Waals surface area contributed by atoms with Gasteiger partial charge in [-0.2, -0.15) is 10.1 Å². The topological polar surface area (TPSA) is 67.6 Å². The lowest BCUT2D eigenvalue weighted by Crippen LogP contribution is -1.82. The molecule has 19 heavy (non-hydrogen) atoms. The van der Waals surface area contributed by atoms with Gasteiger partial charge < -0.3 is 4.52 Å². The monoisotopic (exact) mass is 258 g/mol. The van der Waals surface area contributed by atoms with E-state index in [4.69, 9.17) is 4.52 Å². The molecule has 0 aliphatic carbocycles. The Kier molecular flexibility index (Phi) is 2.83. The van der Waals surface area contributed by atoms with Crippen molar-refractivity contribution < 1.29 is 8.91 Å². The first-order chi connectivity index (χ1) is 9.26. The molecule has 96 valence electrons. The van der Waals surface area contributed by atoms with Crippen molar-refractivity contribution >= 4 is 0 Å². The van der Waals surface area contributed by atoms with Gasteiger partial charge in [-0.25, -0.2) is 4.39 Å². The van der Waals surface area contributed by atoms with E-state index in [0.29, 0.717) is 29.5 Å². The molecule has 0 amide bonds. The van der Waals surface area contributed by atoms with E-state index in [1.807, 2.05) is 6.92 Å². The van der Waals surface area contributed by atoms with Gasteiger partial charge in [-0.05, 0) is 30.3 Å². The van der Waals surface area contributed by atoms with Crippen molar-refractivity contribution in [1.29, 1.82) is 0 Å². The standard InChI is InChI=1S/C13H11FN4O/c1-2-12-15-13(19-18-12)11-7-10(16-17-11)8-3-5-9(14)6-4-8/h3-7H,2H2,1H3,(H,16,17). The fourth-order valence-corrected chi connectivity index (χ4v) is 1.71. The van der Waals surface area contributed by atoms with Gasteiger partial charge in [0.05, 0.1) is 5.69 Å². The predicted octanol–water partition coefficient (Wildman–Crippen LogP) is 2.83. The molecule has 0 aliphatic rings. The number of aromatic nitrogens is 4. The van der Waals surface area contributed by atoms with Crippen LogP contribution in [-0.2, 0) is 6.42 Å². The number of nitrogens with zero attached hydrogens (tertiary/aromatic N) is 3. The highest BCUT2D eigenvalue weighted by molar-refractivity contribution is 5.64. The van der Waals surface area contributed by atoms with E-state index >= 15 is 0 Å². The van der Waals surface area contributed by atoms with Gasteiger partial charge in [0, 0.05) is 12.0 Å². The Bertz CT molecular complexity index is 687. The highest BCUT2D eigenvalue weighted by atomic mass is 19.1. The van der Waals surface area contributed by atoms with E-state index in [0.717, 1.165) is 5.56 Å². The van der Waals surface area contributed by atoms with Crippen LogP contribution < -0.4 is 0 Å². The van der Waals surface area contributed by atoms with E-state index in [-0.39, 0.29) is 5.82 Å². The lowest BCUT2D eigenvalue weighted by molar-refractivity contribution is 0.422. The van der Waals surface area contributed by atoms with Crippen LogP contribution in [0.4, 0.5) is 4.39 Å². The summed E-state index contributed by atoms with van der Waals surface area (Å²) in [5.74, 6) is 0.773. The Balaban J connectivity index is 1.92. The summed E-state index contributed by atoms with van der Waals surface area (Å²) >= 11 is 0. The van der Waals surface area contributed by atoms with E-state index < -0.39 is 0 Å². The largest absolute Gasteiger partial charge is 0.332 e. The third-order valence-corrected chi connectivity index (χ3v) is 2.73. The molecule has 0 saturated carbocycles. The maximum atomic E-state index is 12.9. The van der Waals surface area contributed by atoms with Gasteiger partial charge in [0.25, 0.3) is 5.89 Å². The number of nitrogens with one attached hydrogen (secondary N) is 1. The normalized spacial score (nSPS) is 10.8. The van der Waals surface area contributed by atoms with Crippen molar-refractivity contribution in [2.45, 2.75) is 13.3 Å². The summed E-state index contributed by atoms with van der Waals surface area (Å²) in [6.07, 6.45) is 0.711. The van der Waals surface area contributed by atoms with Crippen LogP contribution in [0.2, 0.25) is 0 Å². The first-order valence-corrected chi connectivity index (χ1v) is 5.90. The van der Waals surface area contributed by atoms with Crippen molar-refractivity contribution in [3.8, 4) is 22.8 Å². The maximum Gasteiger partial charge on any atom is 0.275 e. The number of hydrogen-bond acceptors (Lipinski definition) is 4. The zero-order valence-electron chi connectivity index (χ0n) is 10.2. The quantitative estimate of drug-likeness (QED) is 0.784. The van der Waals surface area contributed by atoms with Crippen LogP contribution in [0.1, 0.15) is 12.7 Å². The van der Waals surface area contributed by atoms with Crippen LogP contribution in [0.3, 0.4) is 0 Å². The fourth-order valence-electron chi connectivity index (χ4n) is 1.71. The molecule has 5 nitrogen and oxygen atoms in total. The van der Waals surface area contributed by atoms with Gasteiger partial charge in [-0.15, -0.1) is 0 Å². The number of H-pyrrole nitrogens is 1. The van der Waals surface area contributed by atoms with Crippen LogP contribution in [0.5, 0.6) is 0 Å². The number of hydrogen-bond donors (Lipinski definition) is 1. The highest BCUT2D eigenvalue weighted by Crippen LogP contribution is 2.22. The second kappa shape index (κ2) is 4.64. The zero-order valence-corrected chi connectivity index (χ0v) is 10.2. The summed E-state index contributed by atoms with van der Waals surface area (Å²) in [7, 11) is 0. The number of benzene rings is 1. The Morgan fingerprint density at radius 2 is 2.05 bits per heavy atom. The van der Waals surface area contributed by atoms with Crippen LogP contribution in [0.15, 0.2) is 34.9 Å². The Morgan fingerprint density at radius 3 is 2.74 bits per heavy atom. The summed E-state index contributed by atoms with van der Waals surface area (Å²) in [4.78, 5) is 4.21. The Morgan fingerprint density at radius 1 is 1.26 bits per heavy atom. The number of halogens is 1. The van der Waals surface area contributed by atoms with Crippen molar-refractivity contribution in [3.05, 3.63) is 42.0 Å². The minimum Gasteiger partial charge on any atom is -0.332 e. The molecular formula is C13H11FN4O. The van der Waals surface area contributed by atoms with E-state index in [1.54, 1.807) is 18.2 Å². The molecule has 0 spiro atoms. The lowest BCUT2D eigenvalue weighted by Gasteiger charge is -1.94. The minimum atomic E-state index is -0.274. The molecule has 0 atom stereocenters. The lowest BCUT2D eigenvalue weighted by atomic mass is 10.1. The average molecular weight is 258 g/mol. The van der Waals surface area contributed by atoms with Crippen molar-refractivity contribution in [3.63, 3.8) is 0 Å². The molecule has 6 heteroatoms. The minimum absolute atomic E-state index is 0.274. The van der Waals surface area contributed by atoms with Gasteiger partial charge in [0.1, 0.15) is 11.5 Å². The molecule has 0 fully saturated rings. The molecule has 1 aromatic carbocycles. The van der Waals surface area contributed by atoms with Crippen LogP contribution >= 0.6 is 0 Å². The average Bonchev–Trinajstić information content (AvgIpc) is 3.08. The van der Waals surface area contributed by atoms with E-state index in [1.165, 1.54) is 12.1 Å². The van der Waals surface area contributed by atoms with Crippen molar-refractivity contribution in [1.82, 2.24) is 20.3 Å². The van der Waals surface area contributed by atoms with E-state index in [9.17, 15) is 4.39 Å². The smallest absolute Gasteiger partial charge is 0.275 e. The second-order valence-corrected chi connectivity index (χ2v) is 4.04. The summed E-state index contributed by atoms with van der Waals surface area (Å²) in [6.45, 7) is 1.95. The molecular weight excluding hydrogens is 247 g/mol. The fraction of sp³-hybridized carbons (Fsp3) is 0.154. The van der Waals surface area contributed by atoms with Gasteiger partial charge in [-0.1, -0.05) is 12.1 Å². The number of rotatable bonds is 3. The summed E-state index contributed by atoms with van der Waals surface area (Å²) < 4.78 is 18.0. The molecule has 0 saturated heterocycles. The molecule has 3 aromatic rings. The molecule has 0 radical (unpaired) electrons. The summed E-state index contributed by atoms with van der Waals surface area (Å²) in [5.41, 5.74) is 2.16. The van der Waals surface area contributed by atoms with Gasteiger partial charge in [0.15, 0.2) is 5.82 Å². The van der Waals surface area contributed by atoms with Crippen molar-refractivity contribution in [2.24, 2.45) is 0 Å². The summed E-state index contributed by atoms with van der Waals surface area (Å²) in [5, 5.41) is 10.8. The number of aryl methyl sites for hydroxylation is 1. The van der Waals surface area contributed by atoms with Gasteiger partial charge >= 0.3 is 0 Å². The summed E-state index contributed by atoms with van der Waals surface area (Å²) in [6, 6.07) is 7.92. The van der Waals surface area contributed by atoms with Crippen LogP contribution in [0, 0.1) is 5.82 Å². The highest BCUT2D eigenvalue weighted by Gasteiger charge is 2.11. The SMILES string of the molecule is CCc1noc(-c2cc(-c3ccc(F)cc3)n[nH]2)n1. The van der Waals surface area contributed by atoms with Gasteiger partial charge in [0.2, 0.25) is 0 Å². The molecule has 1 N–H and O–H groups in total. The predicted molar refractivity (Wildman–Crippen MR) is 66.7 cm³/mol. The van der Waals surface area contributed by atoms with Crippen LogP contribution in [-0.4, -0.2) is 20.3 Å². The molecule has 3 rings (SSSR count). The number of aromatic amines is 1. The molecule has 2 aromatic heterocycles. The van der Waals surface area contributed by atoms with E-state index in [2.05, 4.69) is 20.3 Å². The van der Waals surface area contributed by atoms with Crippen molar-refractivity contribution in [2.75, 3.05) is 0 Å².